The summed E-state index contributed by atoms with van der Waals surface area (Å²) in [5.74, 6) is -0.984. The van der Waals surface area contributed by atoms with Crippen LogP contribution in [0.3, 0.4) is 0 Å². The van der Waals surface area contributed by atoms with Crippen molar-refractivity contribution in [1.82, 2.24) is 4.98 Å². The van der Waals surface area contributed by atoms with Gasteiger partial charge in [-0.2, -0.15) is 0 Å². The van der Waals surface area contributed by atoms with Gasteiger partial charge < -0.3 is 19.3 Å². The summed E-state index contributed by atoms with van der Waals surface area (Å²) in [5.41, 5.74) is 1.26. The number of hydrogen-bond acceptors (Lipinski definition) is 5. The quantitative estimate of drug-likeness (QED) is 0.466. The minimum atomic E-state index is -3.70. The van der Waals surface area contributed by atoms with Gasteiger partial charge >= 0.3 is 7.60 Å². The van der Waals surface area contributed by atoms with Crippen LogP contribution in [0.2, 0.25) is 5.02 Å². The smallest absolute Gasteiger partial charge is 0.357 e. The van der Waals surface area contributed by atoms with Crippen LogP contribution in [-0.4, -0.2) is 18.2 Å². The van der Waals surface area contributed by atoms with Crippen molar-refractivity contribution < 1.29 is 13.6 Å². The molecule has 0 aliphatic rings. The van der Waals surface area contributed by atoms with Crippen LogP contribution in [0, 0.1) is 0 Å². The molecule has 0 amide bonds. The van der Waals surface area contributed by atoms with E-state index in [2.05, 4.69) is 10.3 Å². The Labute approximate surface area is 168 Å². The lowest BCUT2D eigenvalue weighted by molar-refractivity contribution is 0.214. The molecule has 2 aromatic carbocycles. The molecule has 1 aromatic heterocycles. The van der Waals surface area contributed by atoms with E-state index in [9.17, 15) is 9.36 Å². The molecule has 1 heterocycles. The molecule has 28 heavy (non-hydrogen) atoms. The van der Waals surface area contributed by atoms with Crippen LogP contribution in [0.1, 0.15) is 25.2 Å². The van der Waals surface area contributed by atoms with Gasteiger partial charge in [0.2, 0.25) is 0 Å². The fraction of sp³-hybridized carbons (Fsp3) is 0.250. The number of fused-ring (bicyclic) bond motifs is 1. The van der Waals surface area contributed by atoms with Gasteiger partial charge in [0.05, 0.1) is 18.8 Å². The Morgan fingerprint density at radius 1 is 1.07 bits per heavy atom. The number of anilines is 1. The highest BCUT2D eigenvalue weighted by Crippen LogP contribution is 2.60. The Morgan fingerprint density at radius 3 is 2.36 bits per heavy atom. The summed E-state index contributed by atoms with van der Waals surface area (Å²) >= 11 is 5.96. The third-order valence-electron chi connectivity index (χ3n) is 4.16. The molecule has 0 saturated carbocycles. The molecule has 6 nitrogen and oxygen atoms in total. The normalized spacial score (nSPS) is 12.8. The van der Waals surface area contributed by atoms with Crippen LogP contribution < -0.4 is 10.9 Å². The van der Waals surface area contributed by atoms with E-state index in [1.54, 1.807) is 44.2 Å². The zero-order valence-corrected chi connectivity index (χ0v) is 17.3. The van der Waals surface area contributed by atoms with Crippen molar-refractivity contribution in [3.8, 4) is 0 Å². The summed E-state index contributed by atoms with van der Waals surface area (Å²) in [4.78, 5) is 15.7. The maximum Gasteiger partial charge on any atom is 0.357 e. The first-order chi connectivity index (χ1) is 13.5. The van der Waals surface area contributed by atoms with Gasteiger partial charge in [-0.15, -0.1) is 0 Å². The standard InChI is InChI=1S/C20H22ClN2O4P/c1-3-26-28(25,27-4-2)20(22-16-11-9-15(21)10-12-16)17-13-14-7-5-6-8-18(14)23-19(17)24/h5-13,20,22H,3-4H2,1-2H3,(H,23,24). The summed E-state index contributed by atoms with van der Waals surface area (Å²) in [6.45, 7) is 3.83. The molecule has 0 bridgehead atoms. The molecule has 0 aliphatic carbocycles. The molecular weight excluding hydrogens is 399 g/mol. The first-order valence-corrected chi connectivity index (χ1v) is 11.0. The molecular formula is C20H22ClN2O4P. The number of benzene rings is 2. The molecule has 0 spiro atoms. The first kappa shape index (κ1) is 20.6. The van der Waals surface area contributed by atoms with Crippen LogP contribution >= 0.6 is 19.2 Å². The summed E-state index contributed by atoms with van der Waals surface area (Å²) in [6, 6.07) is 16.0. The third kappa shape index (κ3) is 4.47. The average molecular weight is 421 g/mol. The summed E-state index contributed by atoms with van der Waals surface area (Å²) < 4.78 is 24.7. The molecule has 2 N–H and O–H groups in total. The van der Waals surface area contributed by atoms with Crippen molar-refractivity contribution >= 4 is 35.8 Å². The second-order valence-corrected chi connectivity index (χ2v) is 8.62. The molecule has 1 atom stereocenters. The predicted molar refractivity (Wildman–Crippen MR) is 113 cm³/mol. The molecule has 8 heteroatoms. The molecule has 0 saturated heterocycles. The number of aromatic nitrogens is 1. The van der Waals surface area contributed by atoms with Crippen molar-refractivity contribution in [1.29, 1.82) is 0 Å². The van der Waals surface area contributed by atoms with Gasteiger partial charge in [0.15, 0.2) is 5.78 Å². The van der Waals surface area contributed by atoms with E-state index in [-0.39, 0.29) is 24.3 Å². The van der Waals surface area contributed by atoms with Crippen LogP contribution in [0.15, 0.2) is 59.4 Å². The lowest BCUT2D eigenvalue weighted by Gasteiger charge is -2.27. The molecule has 0 aliphatic heterocycles. The number of halogens is 1. The Hall–Kier alpha value is -2.11. The second kappa shape index (κ2) is 8.93. The SMILES string of the molecule is CCOP(=O)(OCC)C(Nc1ccc(Cl)cc1)c1cc2ccccc2[nH]c1=O. The van der Waals surface area contributed by atoms with E-state index in [1.165, 1.54) is 0 Å². The number of rotatable bonds is 8. The molecule has 0 fully saturated rings. The maximum absolute atomic E-state index is 13.6. The Kier molecular flexibility index (Phi) is 6.57. The van der Waals surface area contributed by atoms with E-state index in [0.717, 1.165) is 5.39 Å². The van der Waals surface area contributed by atoms with E-state index < -0.39 is 13.4 Å². The minimum absolute atomic E-state index is 0.182. The number of pyridine rings is 1. The van der Waals surface area contributed by atoms with E-state index >= 15 is 0 Å². The topological polar surface area (TPSA) is 80.4 Å². The van der Waals surface area contributed by atoms with Gasteiger partial charge in [0.1, 0.15) is 0 Å². The Morgan fingerprint density at radius 2 is 1.71 bits per heavy atom. The fourth-order valence-corrected chi connectivity index (χ4v) is 5.00. The largest absolute Gasteiger partial charge is 0.368 e. The van der Waals surface area contributed by atoms with Crippen LogP contribution in [0.5, 0.6) is 0 Å². The highest BCUT2D eigenvalue weighted by atomic mass is 35.5. The summed E-state index contributed by atoms with van der Waals surface area (Å²) in [6.07, 6.45) is 0. The first-order valence-electron chi connectivity index (χ1n) is 8.99. The zero-order chi connectivity index (χ0) is 20.1. The Bertz CT molecular complexity index is 1040. The third-order valence-corrected chi connectivity index (χ3v) is 6.69. The molecule has 3 aromatic rings. The molecule has 148 valence electrons. The zero-order valence-electron chi connectivity index (χ0n) is 15.6. The monoisotopic (exact) mass is 420 g/mol. The summed E-state index contributed by atoms with van der Waals surface area (Å²) in [5, 5.41) is 4.54. The van der Waals surface area contributed by atoms with Crippen molar-refractivity contribution in [3.63, 3.8) is 0 Å². The van der Waals surface area contributed by atoms with Crippen molar-refractivity contribution in [2.24, 2.45) is 0 Å². The van der Waals surface area contributed by atoms with E-state index in [4.69, 9.17) is 20.6 Å². The number of nitrogens with one attached hydrogen (secondary N) is 2. The lowest BCUT2D eigenvalue weighted by Crippen LogP contribution is -2.23. The average Bonchev–Trinajstić information content (AvgIpc) is 2.67. The van der Waals surface area contributed by atoms with Crippen LogP contribution in [0.4, 0.5) is 5.69 Å². The Balaban J connectivity index is 2.14. The fourth-order valence-electron chi connectivity index (χ4n) is 2.94. The lowest BCUT2D eigenvalue weighted by atomic mass is 10.1. The number of aromatic amines is 1. The number of H-pyrrole nitrogens is 1. The predicted octanol–water partition coefficient (Wildman–Crippen LogP) is 5.56. The number of para-hydroxylation sites is 1. The van der Waals surface area contributed by atoms with Crippen molar-refractivity contribution in [2.45, 2.75) is 19.6 Å². The van der Waals surface area contributed by atoms with Crippen LogP contribution in [-0.2, 0) is 13.6 Å². The highest BCUT2D eigenvalue weighted by molar-refractivity contribution is 7.54. The van der Waals surface area contributed by atoms with E-state index in [1.807, 2.05) is 24.3 Å². The second-order valence-electron chi connectivity index (χ2n) is 6.07. The molecule has 1 unspecified atom stereocenters. The van der Waals surface area contributed by atoms with Crippen molar-refractivity contribution in [2.75, 3.05) is 18.5 Å². The number of hydrogen-bond donors (Lipinski definition) is 2. The minimum Gasteiger partial charge on any atom is -0.368 e. The molecule has 3 rings (SSSR count). The van der Waals surface area contributed by atoms with Gasteiger partial charge in [-0.25, -0.2) is 0 Å². The molecule has 0 radical (unpaired) electrons. The maximum atomic E-state index is 13.6. The van der Waals surface area contributed by atoms with E-state index in [0.29, 0.717) is 16.2 Å². The van der Waals surface area contributed by atoms with Gasteiger partial charge in [-0.1, -0.05) is 29.8 Å². The van der Waals surface area contributed by atoms with Crippen molar-refractivity contribution in [3.05, 3.63) is 75.5 Å². The van der Waals surface area contributed by atoms with Gasteiger partial charge in [0, 0.05) is 16.2 Å². The van der Waals surface area contributed by atoms with Gasteiger partial charge in [0.25, 0.3) is 5.56 Å². The van der Waals surface area contributed by atoms with Crippen LogP contribution in [0.25, 0.3) is 10.9 Å². The van der Waals surface area contributed by atoms with Gasteiger partial charge in [-0.3, -0.25) is 9.36 Å². The highest BCUT2D eigenvalue weighted by Gasteiger charge is 2.38. The van der Waals surface area contributed by atoms with Gasteiger partial charge in [-0.05, 0) is 55.6 Å². The summed E-state index contributed by atoms with van der Waals surface area (Å²) in [7, 11) is -3.70.